The number of carboxylic acid groups (broad SMARTS) is 1. The average Bonchev–Trinajstić information content (AvgIpc) is 3.42. The van der Waals surface area contributed by atoms with Crippen molar-refractivity contribution in [1.29, 1.82) is 0 Å². The lowest BCUT2D eigenvalue weighted by Gasteiger charge is -2.21. The smallest absolute Gasteiger partial charge is 0.326 e. The molecular formula is C37H69NO5. The number of carboxylic acids is 1. The third-order valence-corrected chi connectivity index (χ3v) is 9.14. The van der Waals surface area contributed by atoms with Crippen molar-refractivity contribution in [3.05, 3.63) is 0 Å². The van der Waals surface area contributed by atoms with Crippen LogP contribution in [0, 0.1) is 0 Å². The fourth-order valence-corrected chi connectivity index (χ4v) is 6.36. The maximum atomic E-state index is 12.8. The Balaban J connectivity index is 2.08. The molecule has 0 unspecified atom stereocenters. The summed E-state index contributed by atoms with van der Waals surface area (Å²) >= 11 is 0. The first-order valence-electron chi connectivity index (χ1n) is 18.7. The van der Waals surface area contributed by atoms with E-state index in [-0.39, 0.29) is 24.8 Å². The fraction of sp³-hybridized carbons (Fsp3) is 0.919. The van der Waals surface area contributed by atoms with Gasteiger partial charge in [0, 0.05) is 19.3 Å². The van der Waals surface area contributed by atoms with Gasteiger partial charge in [0.2, 0.25) is 5.91 Å². The van der Waals surface area contributed by atoms with Crippen LogP contribution in [0.15, 0.2) is 0 Å². The van der Waals surface area contributed by atoms with E-state index in [0.717, 1.165) is 38.5 Å². The van der Waals surface area contributed by atoms with Gasteiger partial charge in [-0.05, 0) is 12.8 Å². The van der Waals surface area contributed by atoms with Crippen LogP contribution in [0.25, 0.3) is 0 Å². The summed E-state index contributed by atoms with van der Waals surface area (Å²) in [5, 5.41) is 9.67. The lowest BCUT2D eigenvalue weighted by Crippen LogP contribution is -2.40. The molecule has 1 fully saturated rings. The number of ether oxygens (including phenoxy) is 1. The van der Waals surface area contributed by atoms with Crippen LogP contribution in [0.1, 0.15) is 200 Å². The number of nitrogens with zero attached hydrogens (tertiary/aromatic N) is 1. The van der Waals surface area contributed by atoms with E-state index < -0.39 is 18.1 Å². The highest BCUT2D eigenvalue weighted by molar-refractivity contribution is 5.84. The van der Waals surface area contributed by atoms with Crippen LogP contribution in [0.2, 0.25) is 0 Å². The quantitative estimate of drug-likeness (QED) is 0.0648. The molecule has 6 heteroatoms. The number of hydrogen-bond donors (Lipinski definition) is 1. The predicted molar refractivity (Wildman–Crippen MR) is 178 cm³/mol. The van der Waals surface area contributed by atoms with Gasteiger partial charge in [-0.3, -0.25) is 9.59 Å². The van der Waals surface area contributed by atoms with Gasteiger partial charge in [-0.15, -0.1) is 0 Å². The Labute approximate surface area is 265 Å². The van der Waals surface area contributed by atoms with Gasteiger partial charge >= 0.3 is 11.9 Å². The SMILES string of the molecule is CCCCCCCCCCCCCCCC(=O)O[C@@H]1C[C@@H](C(=O)O)N(C(=O)CCCCCCCCCCCCCCC)C1. The Bertz CT molecular complexity index is 696. The zero-order chi connectivity index (χ0) is 31.4. The van der Waals surface area contributed by atoms with Crippen LogP contribution in [-0.2, 0) is 19.1 Å². The molecule has 43 heavy (non-hydrogen) atoms. The van der Waals surface area contributed by atoms with Crippen LogP contribution in [0.3, 0.4) is 0 Å². The minimum atomic E-state index is -1.01. The molecule has 252 valence electrons. The van der Waals surface area contributed by atoms with E-state index in [2.05, 4.69) is 13.8 Å². The molecule has 0 spiro atoms. The normalized spacial score (nSPS) is 16.6. The number of carbonyl (C=O) groups is 3. The molecule has 1 amide bonds. The molecule has 0 saturated carbocycles. The van der Waals surface area contributed by atoms with Gasteiger partial charge in [0.05, 0.1) is 6.54 Å². The number of likely N-dealkylation sites (tertiary alicyclic amines) is 1. The Morgan fingerprint density at radius 3 is 1.28 bits per heavy atom. The predicted octanol–water partition coefficient (Wildman–Crippen LogP) is 10.5. The van der Waals surface area contributed by atoms with Crippen molar-refractivity contribution < 1.29 is 24.2 Å². The van der Waals surface area contributed by atoms with E-state index in [0.29, 0.717) is 12.8 Å². The largest absolute Gasteiger partial charge is 0.480 e. The van der Waals surface area contributed by atoms with Gasteiger partial charge in [-0.1, -0.05) is 168 Å². The van der Waals surface area contributed by atoms with Crippen LogP contribution in [-0.4, -0.2) is 46.5 Å². The van der Waals surface area contributed by atoms with Crippen LogP contribution >= 0.6 is 0 Å². The molecule has 0 radical (unpaired) electrons. The molecule has 2 atom stereocenters. The highest BCUT2D eigenvalue weighted by Crippen LogP contribution is 2.24. The van der Waals surface area contributed by atoms with E-state index in [1.165, 1.54) is 133 Å². The average molecular weight is 608 g/mol. The lowest BCUT2D eigenvalue weighted by atomic mass is 10.0. The molecule has 1 N–H and O–H groups in total. The second-order valence-corrected chi connectivity index (χ2v) is 13.2. The first-order chi connectivity index (χ1) is 21.0. The molecule has 0 aromatic rings. The topological polar surface area (TPSA) is 83.9 Å². The third kappa shape index (κ3) is 21.7. The van der Waals surface area contributed by atoms with Gasteiger partial charge in [0.1, 0.15) is 12.1 Å². The molecule has 6 nitrogen and oxygen atoms in total. The molecule has 1 saturated heterocycles. The number of amides is 1. The first-order valence-corrected chi connectivity index (χ1v) is 18.7. The number of unbranched alkanes of at least 4 members (excludes halogenated alkanes) is 24. The Kier molecular flexibility index (Phi) is 25.6. The van der Waals surface area contributed by atoms with Gasteiger partial charge in [-0.25, -0.2) is 4.79 Å². The number of hydrogen-bond acceptors (Lipinski definition) is 4. The van der Waals surface area contributed by atoms with E-state index >= 15 is 0 Å². The molecular weight excluding hydrogens is 538 g/mol. The van der Waals surface area contributed by atoms with Crippen LogP contribution in [0.4, 0.5) is 0 Å². The minimum absolute atomic E-state index is 0.120. The monoisotopic (exact) mass is 608 g/mol. The zero-order valence-corrected chi connectivity index (χ0v) is 28.4. The number of rotatable bonds is 30. The van der Waals surface area contributed by atoms with Crippen LogP contribution < -0.4 is 0 Å². The third-order valence-electron chi connectivity index (χ3n) is 9.14. The van der Waals surface area contributed by atoms with Crippen molar-refractivity contribution in [3.8, 4) is 0 Å². The molecule has 0 aromatic heterocycles. The van der Waals surface area contributed by atoms with E-state index in [9.17, 15) is 19.5 Å². The minimum Gasteiger partial charge on any atom is -0.480 e. The van der Waals surface area contributed by atoms with Crippen molar-refractivity contribution in [1.82, 2.24) is 4.90 Å². The fourth-order valence-electron chi connectivity index (χ4n) is 6.36. The second-order valence-electron chi connectivity index (χ2n) is 13.2. The first kappa shape index (κ1) is 39.4. The van der Waals surface area contributed by atoms with Crippen molar-refractivity contribution in [2.24, 2.45) is 0 Å². The van der Waals surface area contributed by atoms with E-state index in [1.54, 1.807) is 0 Å². The summed E-state index contributed by atoms with van der Waals surface area (Å²) in [6.07, 6.45) is 33.0. The number of aliphatic carboxylic acids is 1. The molecule has 1 aliphatic heterocycles. The van der Waals surface area contributed by atoms with Crippen molar-refractivity contribution in [2.75, 3.05) is 6.54 Å². The standard InChI is InChI=1S/C37H69NO5/c1-3-5-7-9-11-13-15-17-19-21-23-25-27-29-35(39)38-32-33(31-34(38)37(41)42)43-36(40)30-28-26-24-22-20-18-16-14-12-10-8-6-4-2/h33-34H,3-32H2,1-2H3,(H,41,42)/t33-,34+/m1/s1. The van der Waals surface area contributed by atoms with Crippen molar-refractivity contribution >= 4 is 17.8 Å². The Hall–Kier alpha value is -1.59. The van der Waals surface area contributed by atoms with Crippen molar-refractivity contribution in [2.45, 2.75) is 212 Å². The highest BCUT2D eigenvalue weighted by Gasteiger charge is 2.41. The second kappa shape index (κ2) is 27.9. The van der Waals surface area contributed by atoms with E-state index in [1.807, 2.05) is 0 Å². The van der Waals surface area contributed by atoms with E-state index in [4.69, 9.17) is 4.74 Å². The maximum absolute atomic E-state index is 12.8. The van der Waals surface area contributed by atoms with Crippen LogP contribution in [0.5, 0.6) is 0 Å². The Morgan fingerprint density at radius 1 is 0.558 bits per heavy atom. The molecule has 1 aliphatic rings. The summed E-state index contributed by atoms with van der Waals surface area (Å²) in [6, 6.07) is -0.886. The summed E-state index contributed by atoms with van der Waals surface area (Å²) < 4.78 is 5.61. The zero-order valence-electron chi connectivity index (χ0n) is 28.4. The molecule has 0 aromatic carbocycles. The number of carbonyl (C=O) groups excluding carboxylic acids is 2. The summed E-state index contributed by atoms with van der Waals surface area (Å²) in [5.41, 5.74) is 0. The van der Waals surface area contributed by atoms with Gasteiger partial charge in [0.15, 0.2) is 0 Å². The van der Waals surface area contributed by atoms with Gasteiger partial charge < -0.3 is 14.7 Å². The highest BCUT2D eigenvalue weighted by atomic mass is 16.5. The summed E-state index contributed by atoms with van der Waals surface area (Å²) in [4.78, 5) is 38.5. The Morgan fingerprint density at radius 2 is 0.907 bits per heavy atom. The summed E-state index contributed by atoms with van der Waals surface area (Å²) in [6.45, 7) is 4.72. The van der Waals surface area contributed by atoms with Gasteiger partial charge in [0.25, 0.3) is 0 Å². The maximum Gasteiger partial charge on any atom is 0.326 e. The molecule has 1 rings (SSSR count). The van der Waals surface area contributed by atoms with Gasteiger partial charge in [-0.2, -0.15) is 0 Å². The summed E-state index contributed by atoms with van der Waals surface area (Å²) in [5.74, 6) is -1.39. The molecule has 1 heterocycles. The molecule has 0 aliphatic carbocycles. The summed E-state index contributed by atoms with van der Waals surface area (Å²) in [7, 11) is 0. The number of esters is 1. The van der Waals surface area contributed by atoms with Crippen molar-refractivity contribution in [3.63, 3.8) is 0 Å². The lowest BCUT2D eigenvalue weighted by molar-refractivity contribution is -0.149. The molecule has 0 bridgehead atoms.